The highest BCUT2D eigenvalue weighted by atomic mass is 35.5. The van der Waals surface area contributed by atoms with Crippen molar-refractivity contribution in [2.45, 2.75) is 33.9 Å². The summed E-state index contributed by atoms with van der Waals surface area (Å²) in [5.41, 5.74) is 6.21. The molecule has 0 heterocycles. The summed E-state index contributed by atoms with van der Waals surface area (Å²) in [5, 5.41) is 3.18. The number of nitrogens with one attached hydrogen (secondary N) is 1. The van der Waals surface area contributed by atoms with Crippen LogP contribution in [0.15, 0.2) is 36.4 Å². The molecule has 0 saturated heterocycles. The van der Waals surface area contributed by atoms with Crippen LogP contribution < -0.4 is 10.1 Å². The molecule has 0 radical (unpaired) electrons. The molecule has 3 heteroatoms. The molecule has 0 spiro atoms. The molecule has 114 valence electrons. The van der Waals surface area contributed by atoms with Crippen LogP contribution in [0.5, 0.6) is 5.75 Å². The average molecular weight is 306 g/mol. The molecule has 0 aliphatic heterocycles. The van der Waals surface area contributed by atoms with Crippen LogP contribution >= 0.6 is 12.4 Å². The summed E-state index contributed by atoms with van der Waals surface area (Å²) in [6, 6.07) is 12.7. The minimum atomic E-state index is 0. The average Bonchev–Trinajstić information content (AvgIpc) is 2.40. The second-order valence-electron chi connectivity index (χ2n) is 5.30. The van der Waals surface area contributed by atoms with Crippen molar-refractivity contribution in [2.75, 3.05) is 7.05 Å². The molecule has 0 fully saturated rings. The number of benzene rings is 2. The number of rotatable bonds is 5. The van der Waals surface area contributed by atoms with Crippen molar-refractivity contribution in [1.29, 1.82) is 0 Å². The fraction of sp³-hybridized carbons (Fsp3) is 0.333. The molecule has 2 rings (SSSR count). The van der Waals surface area contributed by atoms with Crippen molar-refractivity contribution in [3.63, 3.8) is 0 Å². The Labute approximate surface area is 133 Å². The lowest BCUT2D eigenvalue weighted by Crippen LogP contribution is -2.07. The molecule has 0 atom stereocenters. The zero-order chi connectivity index (χ0) is 14.5. The van der Waals surface area contributed by atoms with Gasteiger partial charge in [-0.15, -0.1) is 12.4 Å². The summed E-state index contributed by atoms with van der Waals surface area (Å²) in [6.45, 7) is 7.85. The standard InChI is InChI=1S/C18H23NO.ClH/c1-13-7-5-6-8-17(13)12-20-18-14(2)9-16(11-19-4)10-15(18)3;/h5-10,19H,11-12H2,1-4H3;1H. The maximum atomic E-state index is 6.05. The summed E-state index contributed by atoms with van der Waals surface area (Å²) >= 11 is 0. The molecule has 0 aliphatic carbocycles. The highest BCUT2D eigenvalue weighted by Gasteiger charge is 2.07. The van der Waals surface area contributed by atoms with Crippen LogP contribution in [0.25, 0.3) is 0 Å². The third-order valence-corrected chi connectivity index (χ3v) is 3.53. The largest absolute Gasteiger partial charge is 0.488 e. The lowest BCUT2D eigenvalue weighted by atomic mass is 10.1. The maximum Gasteiger partial charge on any atom is 0.125 e. The van der Waals surface area contributed by atoms with Gasteiger partial charge in [0, 0.05) is 6.54 Å². The van der Waals surface area contributed by atoms with E-state index in [1.165, 1.54) is 27.8 Å². The molecule has 0 aromatic heterocycles. The van der Waals surface area contributed by atoms with Gasteiger partial charge in [0.1, 0.15) is 12.4 Å². The Kier molecular flexibility index (Phi) is 6.73. The molecule has 21 heavy (non-hydrogen) atoms. The summed E-state index contributed by atoms with van der Waals surface area (Å²) < 4.78 is 6.05. The Bertz CT molecular complexity index is 573. The van der Waals surface area contributed by atoms with E-state index in [0.29, 0.717) is 6.61 Å². The Hall–Kier alpha value is -1.51. The predicted octanol–water partition coefficient (Wildman–Crippen LogP) is 4.33. The van der Waals surface area contributed by atoms with Crippen molar-refractivity contribution in [2.24, 2.45) is 0 Å². The smallest absolute Gasteiger partial charge is 0.125 e. The first-order valence-electron chi connectivity index (χ1n) is 7.04. The summed E-state index contributed by atoms with van der Waals surface area (Å²) in [7, 11) is 1.97. The zero-order valence-corrected chi connectivity index (χ0v) is 14.0. The van der Waals surface area contributed by atoms with E-state index in [9.17, 15) is 0 Å². The quantitative estimate of drug-likeness (QED) is 0.887. The number of hydrogen-bond acceptors (Lipinski definition) is 2. The summed E-state index contributed by atoms with van der Waals surface area (Å²) in [4.78, 5) is 0. The molecular formula is C18H24ClNO. The van der Waals surface area contributed by atoms with E-state index in [4.69, 9.17) is 4.74 Å². The van der Waals surface area contributed by atoms with Gasteiger partial charge in [0.2, 0.25) is 0 Å². The fourth-order valence-corrected chi connectivity index (χ4v) is 2.50. The maximum absolute atomic E-state index is 6.05. The third-order valence-electron chi connectivity index (χ3n) is 3.53. The Balaban J connectivity index is 0.00000220. The number of ether oxygens (including phenoxy) is 1. The molecule has 0 amide bonds. The van der Waals surface area contributed by atoms with Crippen molar-refractivity contribution in [3.8, 4) is 5.75 Å². The van der Waals surface area contributed by atoms with Crippen LogP contribution in [0.3, 0.4) is 0 Å². The van der Waals surface area contributed by atoms with Gasteiger partial charge in [0.05, 0.1) is 0 Å². The van der Waals surface area contributed by atoms with Gasteiger partial charge in [-0.25, -0.2) is 0 Å². The fourth-order valence-electron chi connectivity index (χ4n) is 2.50. The molecule has 0 bridgehead atoms. The highest BCUT2D eigenvalue weighted by Crippen LogP contribution is 2.26. The van der Waals surface area contributed by atoms with Crippen molar-refractivity contribution < 1.29 is 4.74 Å². The molecule has 1 N–H and O–H groups in total. The minimum Gasteiger partial charge on any atom is -0.488 e. The number of hydrogen-bond donors (Lipinski definition) is 1. The van der Waals surface area contributed by atoms with Gasteiger partial charge in [0.15, 0.2) is 0 Å². The lowest BCUT2D eigenvalue weighted by molar-refractivity contribution is 0.301. The van der Waals surface area contributed by atoms with Gasteiger partial charge in [-0.2, -0.15) is 0 Å². The molecule has 2 aromatic carbocycles. The van der Waals surface area contributed by atoms with Gasteiger partial charge in [-0.3, -0.25) is 0 Å². The third kappa shape index (κ3) is 4.48. The number of halogens is 1. The SMILES string of the molecule is CNCc1cc(C)c(OCc2ccccc2C)c(C)c1.Cl. The summed E-state index contributed by atoms with van der Waals surface area (Å²) in [5.74, 6) is 1.01. The van der Waals surface area contributed by atoms with E-state index < -0.39 is 0 Å². The van der Waals surface area contributed by atoms with E-state index in [1.54, 1.807) is 0 Å². The van der Waals surface area contributed by atoms with Crippen molar-refractivity contribution in [3.05, 3.63) is 64.2 Å². The zero-order valence-electron chi connectivity index (χ0n) is 13.2. The molecule has 2 nitrogen and oxygen atoms in total. The van der Waals surface area contributed by atoms with Crippen LogP contribution in [0, 0.1) is 20.8 Å². The first kappa shape index (κ1) is 17.5. The van der Waals surface area contributed by atoms with Crippen LogP contribution in [0.1, 0.15) is 27.8 Å². The van der Waals surface area contributed by atoms with Crippen LogP contribution in [-0.4, -0.2) is 7.05 Å². The Morgan fingerprint density at radius 3 is 2.14 bits per heavy atom. The second kappa shape index (κ2) is 8.06. The van der Waals surface area contributed by atoms with E-state index in [2.05, 4.69) is 62.5 Å². The van der Waals surface area contributed by atoms with Crippen molar-refractivity contribution in [1.82, 2.24) is 5.32 Å². The Morgan fingerprint density at radius 2 is 1.57 bits per heavy atom. The monoisotopic (exact) mass is 305 g/mol. The van der Waals surface area contributed by atoms with Gasteiger partial charge >= 0.3 is 0 Å². The molecule has 2 aromatic rings. The van der Waals surface area contributed by atoms with E-state index in [0.717, 1.165) is 12.3 Å². The minimum absolute atomic E-state index is 0. The molecule has 0 saturated carbocycles. The van der Waals surface area contributed by atoms with Gasteiger partial charge < -0.3 is 10.1 Å². The summed E-state index contributed by atoms with van der Waals surface area (Å²) in [6.07, 6.45) is 0. The van der Waals surface area contributed by atoms with E-state index in [1.807, 2.05) is 7.05 Å². The molecule has 0 unspecified atom stereocenters. The van der Waals surface area contributed by atoms with Gasteiger partial charge in [0.25, 0.3) is 0 Å². The van der Waals surface area contributed by atoms with Gasteiger partial charge in [-0.1, -0.05) is 36.4 Å². The molecule has 0 aliphatic rings. The van der Waals surface area contributed by atoms with Crippen LogP contribution in [0.2, 0.25) is 0 Å². The van der Waals surface area contributed by atoms with Crippen LogP contribution in [-0.2, 0) is 13.2 Å². The molecular weight excluding hydrogens is 282 g/mol. The Morgan fingerprint density at radius 1 is 0.952 bits per heavy atom. The topological polar surface area (TPSA) is 21.3 Å². The predicted molar refractivity (Wildman–Crippen MR) is 91.4 cm³/mol. The van der Waals surface area contributed by atoms with Crippen molar-refractivity contribution >= 4 is 12.4 Å². The number of aryl methyl sites for hydroxylation is 3. The van der Waals surface area contributed by atoms with E-state index in [-0.39, 0.29) is 12.4 Å². The van der Waals surface area contributed by atoms with E-state index >= 15 is 0 Å². The first-order valence-corrected chi connectivity index (χ1v) is 7.04. The lowest BCUT2D eigenvalue weighted by Gasteiger charge is -2.15. The first-order chi connectivity index (χ1) is 9.61. The normalized spacial score (nSPS) is 10.1. The highest BCUT2D eigenvalue weighted by molar-refractivity contribution is 5.85. The van der Waals surface area contributed by atoms with Gasteiger partial charge in [-0.05, 0) is 55.6 Å². The van der Waals surface area contributed by atoms with Crippen LogP contribution in [0.4, 0.5) is 0 Å². The second-order valence-corrected chi connectivity index (χ2v) is 5.30.